The normalized spacial score (nSPS) is 19.8. The van der Waals surface area contributed by atoms with Crippen LogP contribution >= 0.6 is 0 Å². The van der Waals surface area contributed by atoms with Crippen molar-refractivity contribution in [2.24, 2.45) is 5.92 Å². The first-order valence-electron chi connectivity index (χ1n) is 9.81. The molecule has 0 bridgehead atoms. The van der Waals surface area contributed by atoms with Crippen LogP contribution in [-0.2, 0) is 17.8 Å². The summed E-state index contributed by atoms with van der Waals surface area (Å²) in [7, 11) is 0. The standard InChI is InChI=1S/C19H30N4O2/c1-2-3-4-5-11-20-19(25)17-16-10-9-14(12-23(16)13-21-17)18(24)22-15-7-6-8-15/h13-15H,2-12H2,1H3,(H,20,25)(H,22,24). The number of amides is 2. The van der Waals surface area contributed by atoms with Gasteiger partial charge in [-0.25, -0.2) is 4.98 Å². The maximum atomic E-state index is 12.4. The average Bonchev–Trinajstić information content (AvgIpc) is 3.00. The lowest BCUT2D eigenvalue weighted by molar-refractivity contribution is -0.127. The van der Waals surface area contributed by atoms with Gasteiger partial charge in [0.25, 0.3) is 5.91 Å². The third-order valence-electron chi connectivity index (χ3n) is 5.45. The van der Waals surface area contributed by atoms with Gasteiger partial charge in [-0.05, 0) is 38.5 Å². The molecule has 1 fully saturated rings. The van der Waals surface area contributed by atoms with E-state index in [1.807, 2.05) is 4.57 Å². The number of nitrogens with zero attached hydrogens (tertiary/aromatic N) is 2. The van der Waals surface area contributed by atoms with Gasteiger partial charge in [0.2, 0.25) is 5.91 Å². The minimum Gasteiger partial charge on any atom is -0.353 e. The number of imidazole rings is 1. The Labute approximate surface area is 149 Å². The van der Waals surface area contributed by atoms with E-state index in [4.69, 9.17) is 0 Å². The molecule has 6 nitrogen and oxygen atoms in total. The molecule has 3 rings (SSSR count). The van der Waals surface area contributed by atoms with E-state index in [0.29, 0.717) is 24.8 Å². The Bertz CT molecular complexity index is 607. The monoisotopic (exact) mass is 346 g/mol. The van der Waals surface area contributed by atoms with E-state index < -0.39 is 0 Å². The average molecular weight is 346 g/mol. The van der Waals surface area contributed by atoms with Crippen molar-refractivity contribution >= 4 is 11.8 Å². The molecule has 0 aromatic carbocycles. The quantitative estimate of drug-likeness (QED) is 0.710. The van der Waals surface area contributed by atoms with Crippen LogP contribution in [0.1, 0.15) is 74.5 Å². The van der Waals surface area contributed by atoms with Gasteiger partial charge in [-0.1, -0.05) is 26.2 Å². The highest BCUT2D eigenvalue weighted by Gasteiger charge is 2.30. The molecule has 1 aromatic rings. The van der Waals surface area contributed by atoms with Crippen molar-refractivity contribution in [1.82, 2.24) is 20.2 Å². The highest BCUT2D eigenvalue weighted by molar-refractivity contribution is 5.93. The molecule has 0 radical (unpaired) electrons. The fourth-order valence-electron chi connectivity index (χ4n) is 3.58. The van der Waals surface area contributed by atoms with Gasteiger partial charge in [-0.2, -0.15) is 0 Å². The van der Waals surface area contributed by atoms with E-state index >= 15 is 0 Å². The summed E-state index contributed by atoms with van der Waals surface area (Å²) in [5, 5.41) is 6.11. The topological polar surface area (TPSA) is 76.0 Å². The van der Waals surface area contributed by atoms with Crippen molar-refractivity contribution < 1.29 is 9.59 Å². The molecule has 0 saturated heterocycles. The van der Waals surface area contributed by atoms with Crippen LogP contribution < -0.4 is 10.6 Å². The molecule has 0 spiro atoms. The summed E-state index contributed by atoms with van der Waals surface area (Å²) in [6, 6.07) is 0.380. The number of carbonyl (C=O) groups excluding carboxylic acids is 2. The van der Waals surface area contributed by atoms with Crippen LogP contribution in [0.4, 0.5) is 0 Å². The second-order valence-corrected chi connectivity index (χ2v) is 7.38. The van der Waals surface area contributed by atoms with Gasteiger partial charge in [0, 0.05) is 19.1 Å². The lowest BCUT2D eigenvalue weighted by Crippen LogP contribution is -2.44. The summed E-state index contributed by atoms with van der Waals surface area (Å²) in [6.07, 6.45) is 11.2. The van der Waals surface area contributed by atoms with E-state index in [-0.39, 0.29) is 17.7 Å². The molecule has 1 aliphatic carbocycles. The highest BCUT2D eigenvalue weighted by atomic mass is 16.2. The van der Waals surface area contributed by atoms with Gasteiger partial charge in [-0.15, -0.1) is 0 Å². The minimum atomic E-state index is -0.0809. The summed E-state index contributed by atoms with van der Waals surface area (Å²) in [5.41, 5.74) is 1.51. The molecule has 1 aliphatic heterocycles. The zero-order chi connectivity index (χ0) is 17.6. The maximum absolute atomic E-state index is 12.4. The van der Waals surface area contributed by atoms with Gasteiger partial charge in [0.05, 0.1) is 17.9 Å². The number of fused-ring (bicyclic) bond motifs is 1. The molecule has 1 saturated carbocycles. The maximum Gasteiger partial charge on any atom is 0.271 e. The van der Waals surface area contributed by atoms with E-state index in [1.54, 1.807) is 6.33 Å². The fourth-order valence-corrected chi connectivity index (χ4v) is 3.58. The van der Waals surface area contributed by atoms with E-state index in [0.717, 1.165) is 44.2 Å². The summed E-state index contributed by atoms with van der Waals surface area (Å²) < 4.78 is 1.99. The summed E-state index contributed by atoms with van der Waals surface area (Å²) >= 11 is 0. The minimum absolute atomic E-state index is 0.00717. The molecule has 2 heterocycles. The predicted octanol–water partition coefficient (Wildman–Crippen LogP) is 2.42. The molecule has 1 atom stereocenters. The third kappa shape index (κ3) is 4.41. The van der Waals surface area contributed by atoms with E-state index in [2.05, 4.69) is 22.5 Å². The zero-order valence-corrected chi connectivity index (χ0v) is 15.2. The SMILES string of the molecule is CCCCCCNC(=O)c1ncn2c1CCC(C(=O)NC1CCC1)C2. The van der Waals surface area contributed by atoms with Crippen LogP contribution in [0, 0.1) is 5.92 Å². The van der Waals surface area contributed by atoms with Crippen molar-refractivity contribution in [2.45, 2.75) is 77.3 Å². The second kappa shape index (κ2) is 8.50. The van der Waals surface area contributed by atoms with Crippen LogP contribution in [0.5, 0.6) is 0 Å². The van der Waals surface area contributed by atoms with Gasteiger partial charge in [-0.3, -0.25) is 9.59 Å². The molecule has 138 valence electrons. The Morgan fingerprint density at radius 1 is 1.24 bits per heavy atom. The van der Waals surface area contributed by atoms with Crippen LogP contribution in [-0.4, -0.2) is 34.0 Å². The number of hydrogen-bond acceptors (Lipinski definition) is 3. The first-order chi connectivity index (χ1) is 12.2. The largest absolute Gasteiger partial charge is 0.353 e. The fraction of sp³-hybridized carbons (Fsp3) is 0.737. The molecule has 2 N–H and O–H groups in total. The van der Waals surface area contributed by atoms with Gasteiger partial charge < -0.3 is 15.2 Å². The van der Waals surface area contributed by atoms with Crippen LogP contribution in [0.15, 0.2) is 6.33 Å². The molecule has 2 amide bonds. The molecule has 2 aliphatic rings. The van der Waals surface area contributed by atoms with Crippen molar-refractivity contribution in [2.75, 3.05) is 6.54 Å². The Hall–Kier alpha value is -1.85. The number of unbranched alkanes of at least 4 members (excludes halogenated alkanes) is 3. The van der Waals surface area contributed by atoms with Crippen molar-refractivity contribution in [3.8, 4) is 0 Å². The van der Waals surface area contributed by atoms with Crippen molar-refractivity contribution in [3.63, 3.8) is 0 Å². The molecule has 1 unspecified atom stereocenters. The van der Waals surface area contributed by atoms with Crippen molar-refractivity contribution in [1.29, 1.82) is 0 Å². The summed E-state index contributed by atoms with van der Waals surface area (Å²) in [4.78, 5) is 29.0. The molecule has 1 aromatic heterocycles. The van der Waals surface area contributed by atoms with Crippen molar-refractivity contribution in [3.05, 3.63) is 17.7 Å². The Kier molecular flexibility index (Phi) is 6.10. The third-order valence-corrected chi connectivity index (χ3v) is 5.45. The summed E-state index contributed by atoms with van der Waals surface area (Å²) in [5.74, 6) is 0.0702. The zero-order valence-electron chi connectivity index (χ0n) is 15.2. The van der Waals surface area contributed by atoms with Crippen LogP contribution in [0.3, 0.4) is 0 Å². The number of rotatable bonds is 8. The van der Waals surface area contributed by atoms with Gasteiger partial charge in [0.1, 0.15) is 5.69 Å². The van der Waals surface area contributed by atoms with E-state index in [1.165, 1.54) is 19.3 Å². The first kappa shape index (κ1) is 18.0. The van der Waals surface area contributed by atoms with Gasteiger partial charge in [0.15, 0.2) is 0 Å². The second-order valence-electron chi connectivity index (χ2n) is 7.38. The summed E-state index contributed by atoms with van der Waals surface area (Å²) in [6.45, 7) is 3.51. The predicted molar refractivity (Wildman–Crippen MR) is 96.3 cm³/mol. The van der Waals surface area contributed by atoms with E-state index in [9.17, 15) is 9.59 Å². The number of carbonyl (C=O) groups is 2. The van der Waals surface area contributed by atoms with Crippen LogP contribution in [0.25, 0.3) is 0 Å². The molecular weight excluding hydrogens is 316 g/mol. The number of nitrogens with one attached hydrogen (secondary N) is 2. The lowest BCUT2D eigenvalue weighted by Gasteiger charge is -2.30. The highest BCUT2D eigenvalue weighted by Crippen LogP contribution is 2.24. The Morgan fingerprint density at radius 2 is 2.08 bits per heavy atom. The molecular formula is C19H30N4O2. The number of aromatic nitrogens is 2. The molecule has 6 heteroatoms. The van der Waals surface area contributed by atoms with Gasteiger partial charge >= 0.3 is 0 Å². The Morgan fingerprint density at radius 3 is 2.80 bits per heavy atom. The Balaban J connectivity index is 1.51. The first-order valence-corrected chi connectivity index (χ1v) is 9.81. The van der Waals surface area contributed by atoms with Crippen LogP contribution in [0.2, 0.25) is 0 Å². The number of hydrogen-bond donors (Lipinski definition) is 2. The smallest absolute Gasteiger partial charge is 0.271 e. The molecule has 25 heavy (non-hydrogen) atoms. The lowest BCUT2D eigenvalue weighted by atomic mass is 9.91.